The highest BCUT2D eigenvalue weighted by Gasteiger charge is 2.40. The Labute approximate surface area is 179 Å². The van der Waals surface area contributed by atoms with Gasteiger partial charge in [-0.2, -0.15) is 4.98 Å². The zero-order chi connectivity index (χ0) is 21.2. The highest BCUT2D eigenvalue weighted by Crippen LogP contribution is 2.39. The zero-order valence-electron chi connectivity index (χ0n) is 16.9. The van der Waals surface area contributed by atoms with Gasteiger partial charge >= 0.3 is 0 Å². The van der Waals surface area contributed by atoms with Crippen LogP contribution in [-0.4, -0.2) is 49.0 Å². The molecule has 4 aromatic heterocycles. The maximum atomic E-state index is 13.1. The summed E-state index contributed by atoms with van der Waals surface area (Å²) in [5.41, 5.74) is 3.31. The first-order chi connectivity index (χ1) is 15.2. The van der Waals surface area contributed by atoms with Crippen LogP contribution in [0.25, 0.3) is 11.4 Å². The third-order valence-corrected chi connectivity index (χ3v) is 5.58. The molecule has 8 heteroatoms. The molecule has 0 bridgehead atoms. The molecular formula is C23H20N6O2. The summed E-state index contributed by atoms with van der Waals surface area (Å²) in [6, 6.07) is 11.2. The molecule has 31 heavy (non-hydrogen) atoms. The van der Waals surface area contributed by atoms with Gasteiger partial charge in [0.15, 0.2) is 0 Å². The van der Waals surface area contributed by atoms with Crippen LogP contribution in [0.1, 0.15) is 39.3 Å². The number of carbonyl (C=O) groups excluding carboxylic acids is 1. The Hall–Kier alpha value is -3.94. The minimum atomic E-state index is -0.130. The Bertz CT molecular complexity index is 1180. The quantitative estimate of drug-likeness (QED) is 0.507. The fourth-order valence-electron chi connectivity index (χ4n) is 3.93. The first kappa shape index (κ1) is 19.0. The summed E-state index contributed by atoms with van der Waals surface area (Å²) in [5, 5.41) is 4.15. The molecule has 1 amide bonds. The maximum absolute atomic E-state index is 13.1. The van der Waals surface area contributed by atoms with E-state index in [-0.39, 0.29) is 17.7 Å². The molecule has 8 nitrogen and oxygen atoms in total. The van der Waals surface area contributed by atoms with Gasteiger partial charge < -0.3 is 9.42 Å². The van der Waals surface area contributed by atoms with E-state index >= 15 is 0 Å². The van der Waals surface area contributed by atoms with Crippen molar-refractivity contribution < 1.29 is 9.32 Å². The molecule has 4 aromatic rings. The van der Waals surface area contributed by atoms with Crippen LogP contribution in [0.15, 0.2) is 71.9 Å². The lowest BCUT2D eigenvalue weighted by molar-refractivity contribution is 0.0787. The lowest BCUT2D eigenvalue weighted by Crippen LogP contribution is -2.29. The number of pyridine rings is 3. The van der Waals surface area contributed by atoms with Gasteiger partial charge in [0.05, 0.1) is 11.5 Å². The van der Waals surface area contributed by atoms with Crippen LogP contribution in [0.5, 0.6) is 0 Å². The standard InChI is InChI=1S/C23H20N6O2/c1-15-4-5-18(12-26-15)23(30)29-13-19(17-3-2-8-25-11-17)20(14-29)22-27-21(28-31-22)16-6-9-24-10-7-16/h2-12,19-20H,13-14H2,1H3/t19-,20+/m0/s1. The van der Waals surface area contributed by atoms with Crippen LogP contribution in [0.2, 0.25) is 0 Å². The summed E-state index contributed by atoms with van der Waals surface area (Å²) >= 11 is 0. The van der Waals surface area contributed by atoms with Crippen molar-refractivity contribution in [1.29, 1.82) is 0 Å². The molecule has 0 N–H and O–H groups in total. The van der Waals surface area contributed by atoms with E-state index in [9.17, 15) is 4.79 Å². The first-order valence-corrected chi connectivity index (χ1v) is 10.0. The molecule has 1 aliphatic heterocycles. The molecule has 154 valence electrons. The summed E-state index contributed by atoms with van der Waals surface area (Å²) in [6.07, 6.45) is 8.57. The third kappa shape index (κ3) is 3.79. The van der Waals surface area contributed by atoms with Gasteiger partial charge in [0.25, 0.3) is 5.91 Å². The molecule has 5 heterocycles. The van der Waals surface area contributed by atoms with Crippen molar-refractivity contribution in [2.75, 3.05) is 13.1 Å². The van der Waals surface area contributed by atoms with Crippen LogP contribution in [0.3, 0.4) is 0 Å². The highest BCUT2D eigenvalue weighted by molar-refractivity contribution is 5.94. The van der Waals surface area contributed by atoms with Crippen LogP contribution in [-0.2, 0) is 0 Å². The fraction of sp³-hybridized carbons (Fsp3) is 0.217. The Morgan fingerprint density at radius 2 is 1.84 bits per heavy atom. The van der Waals surface area contributed by atoms with E-state index in [1.807, 2.05) is 54.4 Å². The van der Waals surface area contributed by atoms with E-state index < -0.39 is 0 Å². The second-order valence-electron chi connectivity index (χ2n) is 7.59. The second kappa shape index (κ2) is 8.06. The number of amides is 1. The number of aryl methyl sites for hydroxylation is 1. The predicted molar refractivity (Wildman–Crippen MR) is 112 cm³/mol. The molecule has 2 atom stereocenters. The molecule has 0 radical (unpaired) electrons. The van der Waals surface area contributed by atoms with Gasteiger partial charge in [-0.3, -0.25) is 19.7 Å². The van der Waals surface area contributed by atoms with Crippen molar-refractivity contribution >= 4 is 5.91 Å². The average Bonchev–Trinajstić information content (AvgIpc) is 3.48. The SMILES string of the molecule is Cc1ccc(C(=O)N2C[C@@H](c3cccnc3)[C@H](c3nc(-c4ccncc4)no3)C2)cn1. The van der Waals surface area contributed by atoms with Crippen molar-refractivity contribution in [3.8, 4) is 11.4 Å². The van der Waals surface area contributed by atoms with Gasteiger partial charge in [0.2, 0.25) is 11.7 Å². The molecule has 0 aromatic carbocycles. The van der Waals surface area contributed by atoms with E-state index in [2.05, 4.69) is 25.1 Å². The topological polar surface area (TPSA) is 97.9 Å². The first-order valence-electron chi connectivity index (χ1n) is 10.0. The molecule has 1 aliphatic rings. The highest BCUT2D eigenvalue weighted by atomic mass is 16.5. The fourth-order valence-corrected chi connectivity index (χ4v) is 3.93. The zero-order valence-corrected chi connectivity index (χ0v) is 16.9. The summed E-state index contributed by atoms with van der Waals surface area (Å²) in [4.78, 5) is 32.1. The lowest BCUT2D eigenvalue weighted by atomic mass is 9.90. The van der Waals surface area contributed by atoms with Crippen LogP contribution < -0.4 is 0 Å². The minimum Gasteiger partial charge on any atom is -0.339 e. The summed E-state index contributed by atoms with van der Waals surface area (Å²) < 4.78 is 5.65. The molecule has 1 saturated heterocycles. The number of hydrogen-bond donors (Lipinski definition) is 0. The predicted octanol–water partition coefficient (Wildman–Crippen LogP) is 3.25. The molecule has 5 rings (SSSR count). The molecule has 0 saturated carbocycles. The number of carbonyl (C=O) groups is 1. The molecule has 0 unspecified atom stereocenters. The van der Waals surface area contributed by atoms with Gasteiger partial charge in [-0.1, -0.05) is 11.2 Å². The average molecular weight is 412 g/mol. The van der Waals surface area contributed by atoms with Crippen LogP contribution >= 0.6 is 0 Å². The van der Waals surface area contributed by atoms with Crippen LogP contribution in [0, 0.1) is 6.92 Å². The van der Waals surface area contributed by atoms with E-state index in [0.29, 0.717) is 30.4 Å². The van der Waals surface area contributed by atoms with Gasteiger partial charge in [-0.15, -0.1) is 0 Å². The maximum Gasteiger partial charge on any atom is 0.255 e. The second-order valence-corrected chi connectivity index (χ2v) is 7.59. The minimum absolute atomic E-state index is 0.00166. The number of nitrogens with zero attached hydrogens (tertiary/aromatic N) is 6. The number of aromatic nitrogens is 5. The Morgan fingerprint density at radius 1 is 1.00 bits per heavy atom. The lowest BCUT2D eigenvalue weighted by Gasteiger charge is -2.16. The smallest absolute Gasteiger partial charge is 0.255 e. The molecular weight excluding hydrogens is 392 g/mol. The summed E-state index contributed by atoms with van der Waals surface area (Å²) in [5.74, 6) is 0.835. The number of likely N-dealkylation sites (tertiary alicyclic amines) is 1. The van der Waals surface area contributed by atoms with Crippen molar-refractivity contribution in [1.82, 2.24) is 30.0 Å². The van der Waals surface area contributed by atoms with Crippen LogP contribution in [0.4, 0.5) is 0 Å². The normalized spacial score (nSPS) is 18.3. The van der Waals surface area contributed by atoms with Crippen molar-refractivity contribution in [3.63, 3.8) is 0 Å². The van der Waals surface area contributed by atoms with Crippen molar-refractivity contribution in [2.45, 2.75) is 18.8 Å². The van der Waals surface area contributed by atoms with E-state index in [1.165, 1.54) is 0 Å². The third-order valence-electron chi connectivity index (χ3n) is 5.58. The van der Waals surface area contributed by atoms with E-state index in [4.69, 9.17) is 4.52 Å². The largest absolute Gasteiger partial charge is 0.339 e. The van der Waals surface area contributed by atoms with Gasteiger partial charge in [-0.25, -0.2) is 0 Å². The van der Waals surface area contributed by atoms with E-state index in [0.717, 1.165) is 16.8 Å². The summed E-state index contributed by atoms with van der Waals surface area (Å²) in [7, 11) is 0. The molecule has 0 aliphatic carbocycles. The number of hydrogen-bond acceptors (Lipinski definition) is 7. The monoisotopic (exact) mass is 412 g/mol. The number of rotatable bonds is 4. The Balaban J connectivity index is 1.46. The van der Waals surface area contributed by atoms with Gasteiger partial charge in [0.1, 0.15) is 0 Å². The Morgan fingerprint density at radius 3 is 2.58 bits per heavy atom. The van der Waals surface area contributed by atoms with E-state index in [1.54, 1.807) is 24.8 Å². The van der Waals surface area contributed by atoms with Crippen molar-refractivity contribution in [2.24, 2.45) is 0 Å². The molecule has 0 spiro atoms. The summed E-state index contributed by atoms with van der Waals surface area (Å²) in [6.45, 7) is 2.91. The van der Waals surface area contributed by atoms with Crippen molar-refractivity contribution in [3.05, 3.63) is 90.1 Å². The van der Waals surface area contributed by atoms with Gasteiger partial charge in [0, 0.05) is 61.2 Å². The van der Waals surface area contributed by atoms with Gasteiger partial charge in [-0.05, 0) is 42.8 Å². The molecule has 1 fully saturated rings. The Kier molecular flexibility index (Phi) is 4.95.